The van der Waals surface area contributed by atoms with Gasteiger partial charge in [0.2, 0.25) is 5.91 Å². The number of hydrogen-bond acceptors (Lipinski definition) is 3. The van der Waals surface area contributed by atoms with Crippen molar-refractivity contribution in [1.82, 2.24) is 9.88 Å². The Kier molecular flexibility index (Phi) is 4.19. The van der Waals surface area contributed by atoms with Crippen LogP contribution >= 0.6 is 0 Å². The van der Waals surface area contributed by atoms with Crippen molar-refractivity contribution in [3.05, 3.63) is 30.0 Å². The molecule has 0 spiro atoms. The Labute approximate surface area is 141 Å². The molecule has 0 radical (unpaired) electrons. The summed E-state index contributed by atoms with van der Waals surface area (Å²) in [5.74, 6) is 1.75. The lowest BCUT2D eigenvalue weighted by Crippen LogP contribution is -2.41. The molecule has 0 unspecified atom stereocenters. The highest BCUT2D eigenvalue weighted by molar-refractivity contribution is 5.85. The Bertz CT molecular complexity index is 725. The zero-order valence-corrected chi connectivity index (χ0v) is 14.1. The first-order valence-electron chi connectivity index (χ1n) is 8.78. The van der Waals surface area contributed by atoms with Gasteiger partial charge in [-0.1, -0.05) is 0 Å². The van der Waals surface area contributed by atoms with E-state index in [-0.39, 0.29) is 11.8 Å². The molecule has 1 aromatic heterocycles. The number of benzene rings is 1. The molecule has 1 aromatic carbocycles. The number of methoxy groups -OCH3 is 1. The minimum atomic E-state index is 0.0823. The second-order valence-electron chi connectivity index (χ2n) is 6.82. The number of carbonyl (C=O) groups is 1. The fourth-order valence-corrected chi connectivity index (χ4v) is 3.98. The Balaban J connectivity index is 1.46. The van der Waals surface area contributed by atoms with E-state index in [1.165, 1.54) is 10.9 Å². The van der Waals surface area contributed by atoms with Crippen molar-refractivity contribution < 1.29 is 14.3 Å². The third-order valence-electron chi connectivity index (χ3n) is 5.45. The molecule has 3 heterocycles. The summed E-state index contributed by atoms with van der Waals surface area (Å²) in [7, 11) is 1.70. The molecule has 0 bridgehead atoms. The number of likely N-dealkylation sites (tertiary alicyclic amines) is 1. The first-order chi connectivity index (χ1) is 11.8. The number of H-pyrrole nitrogens is 1. The van der Waals surface area contributed by atoms with Gasteiger partial charge in [-0.2, -0.15) is 0 Å². The highest BCUT2D eigenvalue weighted by Crippen LogP contribution is 2.35. The SMILES string of the molecule is COc1ccc2[nH]cc(C3CCN(C(=O)[C@@H]4CCOC4)CC3)c2c1. The zero-order chi connectivity index (χ0) is 16.5. The number of hydrogen-bond donors (Lipinski definition) is 1. The van der Waals surface area contributed by atoms with Gasteiger partial charge in [0.1, 0.15) is 5.75 Å². The highest BCUT2D eigenvalue weighted by atomic mass is 16.5. The summed E-state index contributed by atoms with van der Waals surface area (Å²) in [6.07, 6.45) is 5.03. The van der Waals surface area contributed by atoms with Crippen LogP contribution in [-0.2, 0) is 9.53 Å². The summed E-state index contributed by atoms with van der Waals surface area (Å²) < 4.78 is 10.7. The summed E-state index contributed by atoms with van der Waals surface area (Å²) in [5, 5.41) is 1.24. The number of nitrogens with zero attached hydrogens (tertiary/aromatic N) is 1. The maximum absolute atomic E-state index is 12.5. The van der Waals surface area contributed by atoms with E-state index in [9.17, 15) is 4.79 Å². The van der Waals surface area contributed by atoms with E-state index >= 15 is 0 Å². The van der Waals surface area contributed by atoms with Gasteiger partial charge in [-0.05, 0) is 48.9 Å². The predicted octanol–water partition coefficient (Wildman–Crippen LogP) is 2.92. The van der Waals surface area contributed by atoms with Gasteiger partial charge in [-0.25, -0.2) is 0 Å². The summed E-state index contributed by atoms with van der Waals surface area (Å²) in [4.78, 5) is 17.9. The molecule has 1 N–H and O–H groups in total. The van der Waals surface area contributed by atoms with Gasteiger partial charge >= 0.3 is 0 Å². The summed E-state index contributed by atoms with van der Waals surface area (Å²) >= 11 is 0. The van der Waals surface area contributed by atoms with Gasteiger partial charge in [0, 0.05) is 36.8 Å². The largest absolute Gasteiger partial charge is 0.497 e. The fourth-order valence-electron chi connectivity index (χ4n) is 3.98. The number of aromatic nitrogens is 1. The van der Waals surface area contributed by atoms with Crippen LogP contribution in [0, 0.1) is 5.92 Å². The van der Waals surface area contributed by atoms with Crippen LogP contribution in [0.1, 0.15) is 30.7 Å². The molecule has 2 fully saturated rings. The smallest absolute Gasteiger partial charge is 0.228 e. The molecule has 4 rings (SSSR count). The Hall–Kier alpha value is -2.01. The molecular weight excluding hydrogens is 304 g/mol. The van der Waals surface area contributed by atoms with Gasteiger partial charge in [-0.3, -0.25) is 4.79 Å². The third kappa shape index (κ3) is 2.77. The number of fused-ring (bicyclic) bond motifs is 1. The second-order valence-corrected chi connectivity index (χ2v) is 6.82. The van der Waals surface area contributed by atoms with Crippen molar-refractivity contribution in [3.8, 4) is 5.75 Å². The Morgan fingerprint density at radius 1 is 1.29 bits per heavy atom. The van der Waals surface area contributed by atoms with Crippen molar-refractivity contribution in [2.24, 2.45) is 5.92 Å². The maximum Gasteiger partial charge on any atom is 0.228 e. The lowest BCUT2D eigenvalue weighted by molar-refractivity contribution is -0.136. The minimum absolute atomic E-state index is 0.0823. The summed E-state index contributed by atoms with van der Waals surface area (Å²) in [5.41, 5.74) is 2.49. The predicted molar refractivity (Wildman–Crippen MR) is 92.3 cm³/mol. The average molecular weight is 328 g/mol. The van der Waals surface area contributed by atoms with Crippen molar-refractivity contribution in [3.63, 3.8) is 0 Å². The minimum Gasteiger partial charge on any atom is -0.497 e. The highest BCUT2D eigenvalue weighted by Gasteiger charge is 2.31. The topological polar surface area (TPSA) is 54.6 Å². The van der Waals surface area contributed by atoms with Gasteiger partial charge < -0.3 is 19.4 Å². The maximum atomic E-state index is 12.5. The fraction of sp³-hybridized carbons (Fsp3) is 0.526. The van der Waals surface area contributed by atoms with E-state index in [0.717, 1.165) is 50.2 Å². The van der Waals surface area contributed by atoms with Gasteiger partial charge in [-0.15, -0.1) is 0 Å². The van der Waals surface area contributed by atoms with Crippen molar-refractivity contribution in [2.75, 3.05) is 33.4 Å². The van der Waals surface area contributed by atoms with Crippen LogP contribution in [0.15, 0.2) is 24.4 Å². The van der Waals surface area contributed by atoms with Crippen molar-refractivity contribution >= 4 is 16.8 Å². The van der Waals surface area contributed by atoms with E-state index in [4.69, 9.17) is 9.47 Å². The zero-order valence-electron chi connectivity index (χ0n) is 14.1. The number of carbonyl (C=O) groups excluding carboxylic acids is 1. The van der Waals surface area contributed by atoms with E-state index in [0.29, 0.717) is 12.5 Å². The van der Waals surface area contributed by atoms with E-state index in [2.05, 4.69) is 23.3 Å². The molecular formula is C19H24N2O3. The van der Waals surface area contributed by atoms with Crippen molar-refractivity contribution in [1.29, 1.82) is 0 Å². The number of amides is 1. The lowest BCUT2D eigenvalue weighted by Gasteiger charge is -2.33. The number of rotatable bonds is 3. The van der Waals surface area contributed by atoms with Crippen molar-refractivity contribution in [2.45, 2.75) is 25.2 Å². The number of ether oxygens (including phenoxy) is 2. The standard InChI is InChI=1S/C19H24N2O3/c1-23-15-2-3-18-16(10-15)17(11-20-18)13-4-7-21(8-5-13)19(22)14-6-9-24-12-14/h2-3,10-11,13-14,20H,4-9,12H2,1H3/t14-/m1/s1. The molecule has 2 aliphatic rings. The molecule has 0 saturated carbocycles. The van der Waals surface area contributed by atoms with Crippen LogP contribution in [0.3, 0.4) is 0 Å². The van der Waals surface area contributed by atoms with E-state index < -0.39 is 0 Å². The Morgan fingerprint density at radius 2 is 2.12 bits per heavy atom. The van der Waals surface area contributed by atoms with E-state index in [1.54, 1.807) is 7.11 Å². The average Bonchev–Trinajstić information content (AvgIpc) is 3.30. The molecule has 128 valence electrons. The molecule has 24 heavy (non-hydrogen) atoms. The Morgan fingerprint density at radius 3 is 2.83 bits per heavy atom. The van der Waals surface area contributed by atoms with Gasteiger partial charge in [0.25, 0.3) is 0 Å². The third-order valence-corrected chi connectivity index (χ3v) is 5.45. The molecule has 2 saturated heterocycles. The molecule has 2 aliphatic heterocycles. The van der Waals surface area contributed by atoms with Gasteiger partial charge in [0.15, 0.2) is 0 Å². The molecule has 0 aliphatic carbocycles. The van der Waals surface area contributed by atoms with Crippen LogP contribution in [0.25, 0.3) is 10.9 Å². The van der Waals surface area contributed by atoms with Crippen LogP contribution in [0.4, 0.5) is 0 Å². The molecule has 2 aromatic rings. The normalized spacial score (nSPS) is 22.2. The molecule has 5 nitrogen and oxygen atoms in total. The molecule has 5 heteroatoms. The van der Waals surface area contributed by atoms with Crippen LogP contribution in [-0.4, -0.2) is 49.2 Å². The monoisotopic (exact) mass is 328 g/mol. The number of nitrogens with one attached hydrogen (secondary N) is 1. The molecule has 1 amide bonds. The van der Waals surface area contributed by atoms with Crippen LogP contribution in [0.5, 0.6) is 5.75 Å². The number of aromatic amines is 1. The van der Waals surface area contributed by atoms with Gasteiger partial charge in [0.05, 0.1) is 19.6 Å². The quantitative estimate of drug-likeness (QED) is 0.942. The summed E-state index contributed by atoms with van der Waals surface area (Å²) in [6, 6.07) is 6.15. The first kappa shape index (κ1) is 15.5. The number of piperidine rings is 1. The second kappa shape index (κ2) is 6.48. The van der Waals surface area contributed by atoms with Crippen LogP contribution in [0.2, 0.25) is 0 Å². The lowest BCUT2D eigenvalue weighted by atomic mass is 9.88. The van der Waals surface area contributed by atoms with Crippen LogP contribution < -0.4 is 4.74 Å². The molecule has 1 atom stereocenters. The van der Waals surface area contributed by atoms with E-state index in [1.807, 2.05) is 11.0 Å². The first-order valence-corrected chi connectivity index (χ1v) is 8.78. The summed E-state index contributed by atoms with van der Waals surface area (Å²) in [6.45, 7) is 3.01.